The SMILES string of the molecule is O=C(c1cc2cc(OC3CCNC3)ccc2[nH]1)N1CCC(F)(F)CC1. The number of likely N-dealkylation sites (tertiary alicyclic amines) is 1. The van der Waals surface area contributed by atoms with E-state index >= 15 is 0 Å². The molecule has 1 aromatic carbocycles. The second-order valence-corrected chi connectivity index (χ2v) is 6.81. The lowest BCUT2D eigenvalue weighted by molar-refractivity contribution is -0.0495. The van der Waals surface area contributed by atoms with E-state index in [1.165, 1.54) is 4.90 Å². The largest absolute Gasteiger partial charge is 0.489 e. The number of rotatable bonds is 3. The molecular formula is C18H21F2N3O2. The van der Waals surface area contributed by atoms with Crippen molar-refractivity contribution in [1.29, 1.82) is 0 Å². The average Bonchev–Trinajstić information content (AvgIpc) is 3.23. The molecule has 0 aliphatic carbocycles. The molecule has 2 fully saturated rings. The highest BCUT2D eigenvalue weighted by Crippen LogP contribution is 2.29. The number of aromatic amines is 1. The highest BCUT2D eigenvalue weighted by atomic mass is 19.3. The summed E-state index contributed by atoms with van der Waals surface area (Å²) in [6, 6.07) is 7.44. The van der Waals surface area contributed by atoms with Gasteiger partial charge in [0.15, 0.2) is 0 Å². The van der Waals surface area contributed by atoms with Crippen molar-refractivity contribution in [3.05, 3.63) is 30.0 Å². The van der Waals surface area contributed by atoms with Gasteiger partial charge in [0.05, 0.1) is 0 Å². The van der Waals surface area contributed by atoms with Gasteiger partial charge < -0.3 is 19.9 Å². The molecule has 1 atom stereocenters. The monoisotopic (exact) mass is 349 g/mol. The van der Waals surface area contributed by atoms with E-state index in [-0.39, 0.29) is 37.9 Å². The summed E-state index contributed by atoms with van der Waals surface area (Å²) >= 11 is 0. The number of carbonyl (C=O) groups is 1. The van der Waals surface area contributed by atoms with Crippen LogP contribution < -0.4 is 10.1 Å². The van der Waals surface area contributed by atoms with E-state index in [0.717, 1.165) is 36.2 Å². The second kappa shape index (κ2) is 6.29. The van der Waals surface area contributed by atoms with Crippen molar-refractivity contribution in [2.45, 2.75) is 31.3 Å². The predicted molar refractivity (Wildman–Crippen MR) is 90.3 cm³/mol. The molecule has 3 heterocycles. The average molecular weight is 349 g/mol. The van der Waals surface area contributed by atoms with Crippen LogP contribution in [0.25, 0.3) is 10.9 Å². The van der Waals surface area contributed by atoms with Crippen molar-refractivity contribution in [2.75, 3.05) is 26.2 Å². The Balaban J connectivity index is 1.49. The fourth-order valence-corrected chi connectivity index (χ4v) is 3.43. The Morgan fingerprint density at radius 3 is 2.76 bits per heavy atom. The van der Waals surface area contributed by atoms with Crippen molar-refractivity contribution in [3.63, 3.8) is 0 Å². The van der Waals surface area contributed by atoms with Crippen LogP contribution in [0.3, 0.4) is 0 Å². The van der Waals surface area contributed by atoms with Crippen molar-refractivity contribution in [2.24, 2.45) is 0 Å². The first-order valence-electron chi connectivity index (χ1n) is 8.67. The zero-order valence-electron chi connectivity index (χ0n) is 13.9. The minimum atomic E-state index is -2.65. The number of benzene rings is 1. The number of nitrogens with zero attached hydrogens (tertiary/aromatic N) is 1. The molecule has 134 valence electrons. The summed E-state index contributed by atoms with van der Waals surface area (Å²) in [6.07, 6.45) is 0.611. The number of piperidine rings is 1. The van der Waals surface area contributed by atoms with Crippen LogP contribution in [0.5, 0.6) is 5.75 Å². The van der Waals surface area contributed by atoms with E-state index < -0.39 is 5.92 Å². The van der Waals surface area contributed by atoms with Crippen LogP contribution >= 0.6 is 0 Å². The number of H-pyrrole nitrogens is 1. The number of amides is 1. The molecule has 1 amide bonds. The summed E-state index contributed by atoms with van der Waals surface area (Å²) in [7, 11) is 0. The first kappa shape index (κ1) is 16.3. The zero-order valence-corrected chi connectivity index (χ0v) is 13.9. The van der Waals surface area contributed by atoms with Gasteiger partial charge in [-0.15, -0.1) is 0 Å². The van der Waals surface area contributed by atoms with Gasteiger partial charge in [-0.3, -0.25) is 4.79 Å². The van der Waals surface area contributed by atoms with Gasteiger partial charge in [0.2, 0.25) is 0 Å². The summed E-state index contributed by atoms with van der Waals surface area (Å²) in [4.78, 5) is 17.1. The topological polar surface area (TPSA) is 57.4 Å². The van der Waals surface area contributed by atoms with E-state index in [1.54, 1.807) is 6.07 Å². The summed E-state index contributed by atoms with van der Waals surface area (Å²) in [5.74, 6) is -2.11. The van der Waals surface area contributed by atoms with Crippen LogP contribution in [0.15, 0.2) is 24.3 Å². The number of carbonyl (C=O) groups excluding carboxylic acids is 1. The molecule has 25 heavy (non-hydrogen) atoms. The molecule has 2 aliphatic rings. The quantitative estimate of drug-likeness (QED) is 0.896. The summed E-state index contributed by atoms with van der Waals surface area (Å²) in [6.45, 7) is 1.98. The highest BCUT2D eigenvalue weighted by molar-refractivity contribution is 5.98. The first-order valence-corrected chi connectivity index (χ1v) is 8.67. The van der Waals surface area contributed by atoms with E-state index in [0.29, 0.717) is 5.69 Å². The molecule has 1 aromatic heterocycles. The molecule has 0 bridgehead atoms. The number of ether oxygens (including phenoxy) is 1. The Kier molecular flexibility index (Phi) is 4.11. The molecule has 4 rings (SSSR count). The van der Waals surface area contributed by atoms with Crippen LogP contribution in [-0.4, -0.2) is 54.0 Å². The molecule has 7 heteroatoms. The summed E-state index contributed by atoms with van der Waals surface area (Å²) in [5.41, 5.74) is 1.27. The Bertz CT molecular complexity index is 774. The van der Waals surface area contributed by atoms with Gasteiger partial charge in [-0.1, -0.05) is 0 Å². The van der Waals surface area contributed by atoms with Gasteiger partial charge in [-0.05, 0) is 37.2 Å². The number of fused-ring (bicyclic) bond motifs is 1. The maximum absolute atomic E-state index is 13.3. The van der Waals surface area contributed by atoms with Crippen molar-refractivity contribution < 1.29 is 18.3 Å². The zero-order chi connectivity index (χ0) is 17.4. The van der Waals surface area contributed by atoms with Gasteiger partial charge in [0.1, 0.15) is 17.5 Å². The molecule has 0 radical (unpaired) electrons. The first-order chi connectivity index (χ1) is 12.0. The standard InChI is InChI=1S/C18H21F2N3O2/c19-18(20)4-7-23(8-5-18)17(24)16-10-12-9-13(1-2-15(12)22-16)25-14-3-6-21-11-14/h1-2,9-10,14,21-22H,3-8,11H2. The Morgan fingerprint density at radius 1 is 1.24 bits per heavy atom. The van der Waals surface area contributed by atoms with Crippen LogP contribution in [0, 0.1) is 0 Å². The minimum absolute atomic E-state index is 0.0875. The molecule has 2 aliphatic heterocycles. The number of hydrogen-bond acceptors (Lipinski definition) is 3. The highest BCUT2D eigenvalue weighted by Gasteiger charge is 2.36. The predicted octanol–water partition coefficient (Wildman–Crippen LogP) is 2.78. The number of nitrogens with one attached hydrogen (secondary N) is 2. The van der Waals surface area contributed by atoms with E-state index in [1.807, 2.05) is 18.2 Å². The number of hydrogen-bond donors (Lipinski definition) is 2. The van der Waals surface area contributed by atoms with Crippen LogP contribution in [0.4, 0.5) is 8.78 Å². The van der Waals surface area contributed by atoms with E-state index in [4.69, 9.17) is 4.74 Å². The van der Waals surface area contributed by atoms with Gasteiger partial charge in [-0.2, -0.15) is 0 Å². The molecule has 2 N–H and O–H groups in total. The number of halogens is 2. The normalized spacial score (nSPS) is 23.1. The number of alkyl halides is 2. The smallest absolute Gasteiger partial charge is 0.270 e. The van der Waals surface area contributed by atoms with E-state index in [9.17, 15) is 13.6 Å². The second-order valence-electron chi connectivity index (χ2n) is 6.81. The summed E-state index contributed by atoms with van der Waals surface area (Å²) in [5, 5.41) is 4.14. The number of aromatic nitrogens is 1. The maximum atomic E-state index is 13.3. The third-order valence-electron chi connectivity index (χ3n) is 4.92. The van der Waals surface area contributed by atoms with Crippen LogP contribution in [0.1, 0.15) is 29.8 Å². The Hall–Kier alpha value is -2.15. The maximum Gasteiger partial charge on any atom is 0.270 e. The molecule has 1 unspecified atom stereocenters. The third-order valence-corrected chi connectivity index (χ3v) is 4.92. The van der Waals surface area contributed by atoms with Gasteiger partial charge in [-0.25, -0.2) is 8.78 Å². The minimum Gasteiger partial charge on any atom is -0.489 e. The van der Waals surface area contributed by atoms with Gasteiger partial charge in [0, 0.05) is 43.4 Å². The van der Waals surface area contributed by atoms with Gasteiger partial charge in [0.25, 0.3) is 11.8 Å². The molecule has 2 aromatic rings. The molecule has 5 nitrogen and oxygen atoms in total. The lowest BCUT2D eigenvalue weighted by Crippen LogP contribution is -2.42. The molecule has 0 spiro atoms. The molecular weight excluding hydrogens is 328 g/mol. The summed E-state index contributed by atoms with van der Waals surface area (Å²) < 4.78 is 32.5. The van der Waals surface area contributed by atoms with Crippen LogP contribution in [0.2, 0.25) is 0 Å². The van der Waals surface area contributed by atoms with Crippen molar-refractivity contribution in [1.82, 2.24) is 15.2 Å². The van der Waals surface area contributed by atoms with Crippen molar-refractivity contribution >= 4 is 16.8 Å². The fourth-order valence-electron chi connectivity index (χ4n) is 3.43. The lowest BCUT2D eigenvalue weighted by Gasteiger charge is -2.31. The Morgan fingerprint density at radius 2 is 2.04 bits per heavy atom. The Labute approximate surface area is 144 Å². The molecule has 0 saturated carbocycles. The van der Waals surface area contributed by atoms with E-state index in [2.05, 4.69) is 10.3 Å². The van der Waals surface area contributed by atoms with Crippen LogP contribution in [-0.2, 0) is 0 Å². The van der Waals surface area contributed by atoms with Gasteiger partial charge >= 0.3 is 0 Å². The van der Waals surface area contributed by atoms with Crippen molar-refractivity contribution in [3.8, 4) is 5.75 Å². The molecule has 2 saturated heterocycles. The lowest BCUT2D eigenvalue weighted by atomic mass is 10.1. The third kappa shape index (κ3) is 3.46. The fraction of sp³-hybridized carbons (Fsp3) is 0.500.